The summed E-state index contributed by atoms with van der Waals surface area (Å²) in [4.78, 5) is 28.9. The topological polar surface area (TPSA) is 154 Å². The van der Waals surface area contributed by atoms with Crippen molar-refractivity contribution in [1.82, 2.24) is 9.80 Å². The van der Waals surface area contributed by atoms with Crippen LogP contribution in [0.4, 0.5) is 5.69 Å². The van der Waals surface area contributed by atoms with Crippen LogP contribution in [0.2, 0.25) is 0 Å². The van der Waals surface area contributed by atoms with Crippen LogP contribution >= 0.6 is 67.8 Å². The van der Waals surface area contributed by atoms with Gasteiger partial charge >= 0.3 is 0 Å². The summed E-state index contributed by atoms with van der Waals surface area (Å²) in [5, 5.41) is 49.8. The Morgan fingerprint density at radius 3 is 1.55 bits per heavy atom. The van der Waals surface area contributed by atoms with Crippen molar-refractivity contribution in [1.29, 1.82) is 0 Å². The van der Waals surface area contributed by atoms with E-state index in [2.05, 4.69) is 5.32 Å². The highest BCUT2D eigenvalue weighted by Crippen LogP contribution is 2.36. The second-order valence-electron chi connectivity index (χ2n) is 6.76. The van der Waals surface area contributed by atoms with Gasteiger partial charge in [0.05, 0.1) is 56.0 Å². The first-order valence-electron chi connectivity index (χ1n) is 9.15. The number of benzene rings is 1. The van der Waals surface area contributed by atoms with Gasteiger partial charge in [-0.05, 0) is 67.8 Å². The van der Waals surface area contributed by atoms with E-state index in [1.54, 1.807) is 0 Å². The number of halogens is 3. The molecule has 1 rings (SSSR count). The van der Waals surface area contributed by atoms with E-state index in [-0.39, 0.29) is 37.4 Å². The largest absolute Gasteiger partial charge is 0.395 e. The molecule has 0 radical (unpaired) electrons. The molecule has 1 aromatic rings. The van der Waals surface area contributed by atoms with E-state index in [1.165, 1.54) is 23.9 Å². The summed E-state index contributed by atoms with van der Waals surface area (Å²) in [5.41, 5.74) is 0.998. The normalized spacial score (nSPS) is 13.0. The molecule has 1 aromatic carbocycles. The summed E-state index contributed by atoms with van der Waals surface area (Å²) >= 11 is 5.92. The molecule has 13 heteroatoms. The van der Waals surface area contributed by atoms with Crippen molar-refractivity contribution < 1.29 is 35.1 Å². The predicted octanol–water partition coefficient (Wildman–Crippen LogP) is -0.245. The Balaban J connectivity index is 3.58. The monoisotopic (exact) mass is 777 g/mol. The Morgan fingerprint density at radius 1 is 0.839 bits per heavy atom. The van der Waals surface area contributed by atoms with Crippen molar-refractivity contribution in [2.75, 3.05) is 58.9 Å². The number of nitrogens with one attached hydrogen (secondary N) is 1. The Hall–Kier alpha value is -0.0500. The molecular formula is C18H26I3N3O7. The maximum Gasteiger partial charge on any atom is 0.255 e. The molecular weight excluding hydrogens is 751 g/mol. The number of anilines is 1. The van der Waals surface area contributed by atoms with Gasteiger partial charge in [-0.15, -0.1) is 0 Å². The molecule has 2 amide bonds. The van der Waals surface area contributed by atoms with Gasteiger partial charge in [0.15, 0.2) is 0 Å². The molecule has 0 saturated heterocycles. The van der Waals surface area contributed by atoms with Crippen LogP contribution in [0.5, 0.6) is 0 Å². The van der Waals surface area contributed by atoms with Crippen molar-refractivity contribution in [2.24, 2.45) is 0 Å². The minimum atomic E-state index is -1.10. The standard InChI is InChI=1S/C18H26I3N3O7/c1-23(5-9(28)7-26)17(30)11-13(19)12(18(31)24(2)6-10(29)8-27)15(21)16(14(11)20)22-3-4-25/h9-10,22,25-29H,3-8H2,1-2H3. The number of likely N-dealkylation sites (N-methyl/N-ethyl adjacent to an activating group) is 2. The lowest BCUT2D eigenvalue weighted by Crippen LogP contribution is -2.38. The van der Waals surface area contributed by atoms with Crippen LogP contribution < -0.4 is 5.32 Å². The van der Waals surface area contributed by atoms with E-state index in [9.17, 15) is 24.9 Å². The number of amides is 2. The van der Waals surface area contributed by atoms with Crippen LogP contribution in [-0.4, -0.2) is 113 Å². The lowest BCUT2D eigenvalue weighted by atomic mass is 10.1. The number of hydrogen-bond acceptors (Lipinski definition) is 8. The first-order chi connectivity index (χ1) is 14.5. The van der Waals surface area contributed by atoms with E-state index in [4.69, 9.17) is 10.2 Å². The first-order valence-corrected chi connectivity index (χ1v) is 12.4. The van der Waals surface area contributed by atoms with Gasteiger partial charge in [0.25, 0.3) is 11.8 Å². The number of aliphatic hydroxyl groups is 5. The number of hydrogen-bond donors (Lipinski definition) is 6. The average molecular weight is 777 g/mol. The summed E-state index contributed by atoms with van der Waals surface area (Å²) in [5.74, 6) is -0.895. The average Bonchev–Trinajstić information content (AvgIpc) is 2.72. The van der Waals surface area contributed by atoms with Crippen LogP contribution in [-0.2, 0) is 0 Å². The maximum atomic E-state index is 13.2. The fourth-order valence-corrected chi connectivity index (χ4v) is 7.14. The van der Waals surface area contributed by atoms with Gasteiger partial charge in [0, 0.05) is 37.3 Å². The minimum absolute atomic E-state index is 0.0985. The van der Waals surface area contributed by atoms with Gasteiger partial charge in [-0.2, -0.15) is 0 Å². The molecule has 31 heavy (non-hydrogen) atoms. The molecule has 0 heterocycles. The zero-order chi connectivity index (χ0) is 23.9. The third-order valence-electron chi connectivity index (χ3n) is 4.24. The van der Waals surface area contributed by atoms with E-state index >= 15 is 0 Å². The van der Waals surface area contributed by atoms with E-state index in [1.807, 2.05) is 67.8 Å². The van der Waals surface area contributed by atoms with Crippen molar-refractivity contribution in [3.63, 3.8) is 0 Å². The third-order valence-corrected chi connectivity index (χ3v) is 7.48. The SMILES string of the molecule is CN(CC(O)CO)C(=O)c1c(I)c(NCCO)c(I)c(C(=O)N(C)CC(O)CO)c1I. The molecule has 10 nitrogen and oxygen atoms in total. The summed E-state index contributed by atoms with van der Waals surface area (Å²) in [6.45, 7) is -1.15. The smallest absolute Gasteiger partial charge is 0.255 e. The van der Waals surface area contributed by atoms with Crippen molar-refractivity contribution in [3.8, 4) is 0 Å². The molecule has 176 valence electrons. The van der Waals surface area contributed by atoms with Crippen molar-refractivity contribution >= 4 is 85.3 Å². The summed E-state index contributed by atoms with van der Waals surface area (Å²) in [6.07, 6.45) is -2.21. The molecule has 2 atom stereocenters. The molecule has 2 unspecified atom stereocenters. The van der Waals surface area contributed by atoms with Gasteiger partial charge in [-0.25, -0.2) is 0 Å². The first kappa shape index (κ1) is 29.0. The van der Waals surface area contributed by atoms with Gasteiger partial charge in [0.1, 0.15) is 0 Å². The number of rotatable bonds is 11. The van der Waals surface area contributed by atoms with Gasteiger partial charge < -0.3 is 40.6 Å². The minimum Gasteiger partial charge on any atom is -0.395 e. The molecule has 6 N–H and O–H groups in total. The summed E-state index contributed by atoms with van der Waals surface area (Å²) < 4.78 is 1.49. The summed E-state index contributed by atoms with van der Waals surface area (Å²) in [6, 6.07) is 0. The second-order valence-corrected chi connectivity index (χ2v) is 10.00. The highest BCUT2D eigenvalue weighted by molar-refractivity contribution is 14.1. The number of carbonyl (C=O) groups excluding carboxylic acids is 2. The molecule has 0 fully saturated rings. The lowest BCUT2D eigenvalue weighted by molar-refractivity contribution is 0.0514. The third kappa shape index (κ3) is 7.47. The zero-order valence-electron chi connectivity index (χ0n) is 17.0. The Kier molecular flexibility index (Phi) is 12.7. The maximum absolute atomic E-state index is 13.2. The van der Waals surface area contributed by atoms with Gasteiger partial charge in [-0.3, -0.25) is 9.59 Å². The van der Waals surface area contributed by atoms with Crippen LogP contribution in [0.1, 0.15) is 20.7 Å². The Bertz CT molecular complexity index is 740. The quantitative estimate of drug-likeness (QED) is 0.169. The second kappa shape index (κ2) is 13.6. The Morgan fingerprint density at radius 2 is 1.23 bits per heavy atom. The van der Waals surface area contributed by atoms with Gasteiger partial charge in [0.2, 0.25) is 0 Å². The fraction of sp³-hybridized carbons (Fsp3) is 0.556. The molecule has 0 aliphatic rings. The van der Waals surface area contributed by atoms with Gasteiger partial charge in [-0.1, -0.05) is 0 Å². The zero-order valence-corrected chi connectivity index (χ0v) is 23.5. The molecule has 0 bridgehead atoms. The lowest BCUT2D eigenvalue weighted by Gasteiger charge is -2.26. The highest BCUT2D eigenvalue weighted by Gasteiger charge is 2.31. The summed E-state index contributed by atoms with van der Waals surface area (Å²) in [7, 11) is 2.97. The van der Waals surface area contributed by atoms with Crippen LogP contribution in [0.25, 0.3) is 0 Å². The van der Waals surface area contributed by atoms with Crippen molar-refractivity contribution in [3.05, 3.63) is 21.8 Å². The molecule has 0 saturated carbocycles. The van der Waals surface area contributed by atoms with E-state index in [0.717, 1.165) is 0 Å². The predicted molar refractivity (Wildman–Crippen MR) is 140 cm³/mol. The molecule has 0 aromatic heterocycles. The fourth-order valence-electron chi connectivity index (χ4n) is 2.67. The molecule has 0 aliphatic heterocycles. The molecule has 0 spiro atoms. The number of nitrogens with zero attached hydrogens (tertiary/aromatic N) is 2. The van der Waals surface area contributed by atoms with Crippen LogP contribution in [0.3, 0.4) is 0 Å². The van der Waals surface area contributed by atoms with E-state index in [0.29, 0.717) is 16.4 Å². The van der Waals surface area contributed by atoms with Crippen molar-refractivity contribution in [2.45, 2.75) is 12.2 Å². The highest BCUT2D eigenvalue weighted by atomic mass is 127. The number of aliphatic hydroxyl groups excluding tert-OH is 5. The van der Waals surface area contributed by atoms with Crippen LogP contribution in [0, 0.1) is 10.7 Å². The van der Waals surface area contributed by atoms with Crippen LogP contribution in [0.15, 0.2) is 0 Å². The number of carbonyl (C=O) groups is 2. The Labute approximate surface area is 221 Å². The molecule has 0 aliphatic carbocycles. The van der Waals surface area contributed by atoms with E-state index < -0.39 is 37.2 Å².